The Hall–Kier alpha value is -2.12. The van der Waals surface area contributed by atoms with Gasteiger partial charge in [-0.2, -0.15) is 0 Å². The number of amides is 3. The Kier molecular flexibility index (Phi) is 9.02. The number of halogens is 1. The topological polar surface area (TPSA) is 113 Å². The molecule has 0 unspecified atom stereocenters. The number of carbonyl (C=O) groups is 3. The highest BCUT2D eigenvalue weighted by atomic mass is 35.5. The van der Waals surface area contributed by atoms with Crippen LogP contribution in [0.2, 0.25) is 0 Å². The van der Waals surface area contributed by atoms with Crippen molar-refractivity contribution in [1.29, 1.82) is 0 Å². The summed E-state index contributed by atoms with van der Waals surface area (Å²) in [6, 6.07) is 4.46. The van der Waals surface area contributed by atoms with E-state index in [2.05, 4.69) is 16.0 Å². The average Bonchev–Trinajstić information content (AvgIpc) is 2.52. The Morgan fingerprint density at radius 1 is 1.21 bits per heavy atom. The number of benzene rings is 1. The first-order chi connectivity index (χ1) is 10.8. The van der Waals surface area contributed by atoms with Crippen LogP contribution in [0.5, 0.6) is 0 Å². The SMILES string of the molecule is CNC(=O)c1cc(C)ccc1NC(=O)CNC(=O)[C@@H](N)C(C)C.Cl. The summed E-state index contributed by atoms with van der Waals surface area (Å²) in [5.74, 6) is -1.13. The van der Waals surface area contributed by atoms with Gasteiger partial charge in [0, 0.05) is 7.05 Å². The van der Waals surface area contributed by atoms with Gasteiger partial charge in [0.1, 0.15) is 0 Å². The summed E-state index contributed by atoms with van der Waals surface area (Å²) < 4.78 is 0. The second kappa shape index (κ2) is 9.89. The molecular formula is C16H25ClN4O3. The fourth-order valence-corrected chi connectivity index (χ4v) is 1.87. The summed E-state index contributed by atoms with van der Waals surface area (Å²) in [4.78, 5) is 35.5. The van der Waals surface area contributed by atoms with E-state index in [9.17, 15) is 14.4 Å². The third-order valence-corrected chi connectivity index (χ3v) is 3.37. The lowest BCUT2D eigenvalue weighted by Crippen LogP contribution is -2.46. The number of rotatable bonds is 6. The fraction of sp³-hybridized carbons (Fsp3) is 0.438. The van der Waals surface area contributed by atoms with E-state index in [0.29, 0.717) is 11.3 Å². The van der Waals surface area contributed by atoms with Gasteiger partial charge in [-0.15, -0.1) is 12.4 Å². The Balaban J connectivity index is 0.00000529. The molecule has 5 N–H and O–H groups in total. The van der Waals surface area contributed by atoms with Gasteiger partial charge in [0.25, 0.3) is 5.91 Å². The maximum atomic E-state index is 12.0. The minimum Gasteiger partial charge on any atom is -0.355 e. The molecule has 8 heteroatoms. The highest BCUT2D eigenvalue weighted by molar-refractivity contribution is 6.04. The van der Waals surface area contributed by atoms with Crippen molar-refractivity contribution in [3.8, 4) is 0 Å². The van der Waals surface area contributed by atoms with Crippen molar-refractivity contribution in [2.75, 3.05) is 18.9 Å². The van der Waals surface area contributed by atoms with E-state index in [0.717, 1.165) is 5.56 Å². The molecule has 1 aromatic rings. The lowest BCUT2D eigenvalue weighted by molar-refractivity contribution is -0.125. The Morgan fingerprint density at radius 2 is 1.83 bits per heavy atom. The van der Waals surface area contributed by atoms with Gasteiger partial charge in [0.15, 0.2) is 0 Å². The number of hydrogen-bond donors (Lipinski definition) is 4. The van der Waals surface area contributed by atoms with Crippen LogP contribution in [-0.2, 0) is 9.59 Å². The standard InChI is InChI=1S/C16H24N4O3.ClH/c1-9(2)14(17)16(23)19-8-13(21)20-12-6-5-10(3)7-11(12)15(22)18-4;/h5-7,9,14H,8,17H2,1-4H3,(H,18,22)(H,19,23)(H,20,21);1H/t14-;/m0./s1. The molecule has 1 rings (SSSR count). The van der Waals surface area contributed by atoms with Crippen molar-refractivity contribution in [2.45, 2.75) is 26.8 Å². The van der Waals surface area contributed by atoms with Crippen LogP contribution >= 0.6 is 12.4 Å². The van der Waals surface area contributed by atoms with Gasteiger partial charge in [-0.1, -0.05) is 25.5 Å². The molecule has 0 aliphatic rings. The summed E-state index contributed by atoms with van der Waals surface area (Å²) >= 11 is 0. The summed E-state index contributed by atoms with van der Waals surface area (Å²) in [5, 5.41) is 7.63. The van der Waals surface area contributed by atoms with Gasteiger partial charge in [0.2, 0.25) is 11.8 Å². The van der Waals surface area contributed by atoms with Crippen LogP contribution in [-0.4, -0.2) is 37.4 Å². The first kappa shape index (κ1) is 21.9. The van der Waals surface area contributed by atoms with Gasteiger partial charge >= 0.3 is 0 Å². The van der Waals surface area contributed by atoms with Gasteiger partial charge < -0.3 is 21.7 Å². The number of hydrogen-bond acceptors (Lipinski definition) is 4. The minimum absolute atomic E-state index is 0. The summed E-state index contributed by atoms with van der Waals surface area (Å²) in [6.07, 6.45) is 0. The fourth-order valence-electron chi connectivity index (χ4n) is 1.87. The van der Waals surface area contributed by atoms with Gasteiger partial charge in [-0.3, -0.25) is 14.4 Å². The average molecular weight is 357 g/mol. The van der Waals surface area contributed by atoms with Crippen molar-refractivity contribution >= 4 is 35.8 Å². The van der Waals surface area contributed by atoms with E-state index in [1.807, 2.05) is 20.8 Å². The third kappa shape index (κ3) is 6.17. The lowest BCUT2D eigenvalue weighted by atomic mass is 10.1. The molecule has 1 aromatic carbocycles. The first-order valence-electron chi connectivity index (χ1n) is 7.42. The van der Waals surface area contributed by atoms with Gasteiger partial charge in [-0.05, 0) is 25.0 Å². The smallest absolute Gasteiger partial charge is 0.253 e. The monoisotopic (exact) mass is 356 g/mol. The Labute approximate surface area is 148 Å². The zero-order valence-electron chi connectivity index (χ0n) is 14.3. The van der Waals surface area contributed by atoms with E-state index in [-0.39, 0.29) is 36.7 Å². The van der Waals surface area contributed by atoms with E-state index in [1.165, 1.54) is 7.05 Å². The Morgan fingerprint density at radius 3 is 2.38 bits per heavy atom. The zero-order valence-corrected chi connectivity index (χ0v) is 15.1. The van der Waals surface area contributed by atoms with E-state index in [4.69, 9.17) is 5.73 Å². The van der Waals surface area contributed by atoms with Crippen LogP contribution in [0.4, 0.5) is 5.69 Å². The van der Waals surface area contributed by atoms with Crippen molar-refractivity contribution < 1.29 is 14.4 Å². The molecule has 0 radical (unpaired) electrons. The lowest BCUT2D eigenvalue weighted by Gasteiger charge is -2.15. The van der Waals surface area contributed by atoms with Gasteiger partial charge in [0.05, 0.1) is 23.8 Å². The molecule has 134 valence electrons. The molecule has 7 nitrogen and oxygen atoms in total. The molecule has 0 bridgehead atoms. The molecule has 24 heavy (non-hydrogen) atoms. The normalized spacial score (nSPS) is 11.2. The van der Waals surface area contributed by atoms with E-state index >= 15 is 0 Å². The molecule has 1 atom stereocenters. The molecule has 3 amide bonds. The second-order valence-corrected chi connectivity index (χ2v) is 5.66. The van der Waals surface area contributed by atoms with Crippen LogP contribution in [0.15, 0.2) is 18.2 Å². The highest BCUT2D eigenvalue weighted by Crippen LogP contribution is 2.17. The molecule has 0 aromatic heterocycles. The predicted molar refractivity (Wildman–Crippen MR) is 96.3 cm³/mol. The number of aryl methyl sites for hydroxylation is 1. The van der Waals surface area contributed by atoms with E-state index < -0.39 is 11.9 Å². The second-order valence-electron chi connectivity index (χ2n) is 5.66. The Bertz CT molecular complexity index is 605. The molecule has 0 heterocycles. The summed E-state index contributed by atoms with van der Waals surface area (Å²) in [6.45, 7) is 5.30. The molecule has 0 saturated carbocycles. The maximum Gasteiger partial charge on any atom is 0.253 e. The van der Waals surface area contributed by atoms with E-state index in [1.54, 1.807) is 18.2 Å². The van der Waals surface area contributed by atoms with Crippen LogP contribution < -0.4 is 21.7 Å². The number of carbonyl (C=O) groups excluding carboxylic acids is 3. The molecule has 0 fully saturated rings. The van der Waals surface area contributed by atoms with Crippen LogP contribution in [0.1, 0.15) is 29.8 Å². The molecule has 0 aliphatic heterocycles. The summed E-state index contributed by atoms with van der Waals surface area (Å²) in [7, 11) is 1.52. The predicted octanol–water partition coefficient (Wildman–Crippen LogP) is 0.814. The number of nitrogens with one attached hydrogen (secondary N) is 3. The molecular weight excluding hydrogens is 332 g/mol. The van der Waals surface area contributed by atoms with Crippen LogP contribution in [0, 0.1) is 12.8 Å². The first-order valence-corrected chi connectivity index (χ1v) is 7.42. The van der Waals surface area contributed by atoms with Crippen LogP contribution in [0.25, 0.3) is 0 Å². The highest BCUT2D eigenvalue weighted by Gasteiger charge is 2.18. The largest absolute Gasteiger partial charge is 0.355 e. The van der Waals surface area contributed by atoms with Crippen molar-refractivity contribution in [1.82, 2.24) is 10.6 Å². The summed E-state index contributed by atoms with van der Waals surface area (Å²) in [5.41, 5.74) is 7.36. The molecule has 0 spiro atoms. The molecule has 0 aliphatic carbocycles. The zero-order chi connectivity index (χ0) is 17.6. The van der Waals surface area contributed by atoms with Crippen LogP contribution in [0.3, 0.4) is 0 Å². The quantitative estimate of drug-likeness (QED) is 0.604. The minimum atomic E-state index is -0.663. The number of nitrogens with two attached hydrogens (primary N) is 1. The van der Waals surface area contributed by atoms with Crippen molar-refractivity contribution in [3.05, 3.63) is 29.3 Å². The van der Waals surface area contributed by atoms with Crippen molar-refractivity contribution in [2.24, 2.45) is 11.7 Å². The molecule has 0 saturated heterocycles. The third-order valence-electron chi connectivity index (χ3n) is 3.37. The number of anilines is 1. The van der Waals surface area contributed by atoms with Gasteiger partial charge in [-0.25, -0.2) is 0 Å². The van der Waals surface area contributed by atoms with Crippen molar-refractivity contribution in [3.63, 3.8) is 0 Å². The maximum absolute atomic E-state index is 12.0.